The molecule has 0 saturated carbocycles. The van der Waals surface area contributed by atoms with Crippen molar-refractivity contribution in [1.29, 1.82) is 0 Å². The van der Waals surface area contributed by atoms with E-state index in [1.807, 2.05) is 79.0 Å². The van der Waals surface area contributed by atoms with Gasteiger partial charge >= 0.3 is 0 Å². The molecule has 0 spiro atoms. The Hall–Kier alpha value is -6.80. The van der Waals surface area contributed by atoms with Crippen LogP contribution in [0.2, 0.25) is 0 Å². The average Bonchev–Trinajstić information content (AvgIpc) is 3.78. The molecular formula is C46H39N7O. The van der Waals surface area contributed by atoms with E-state index >= 15 is 0 Å². The summed E-state index contributed by atoms with van der Waals surface area (Å²) in [6, 6.07) is 45.3. The van der Waals surface area contributed by atoms with Crippen LogP contribution in [0.25, 0.3) is 61.8 Å². The van der Waals surface area contributed by atoms with Crippen molar-refractivity contribution in [1.82, 2.24) is 29.4 Å². The molecule has 0 atom stereocenters. The van der Waals surface area contributed by atoms with Crippen LogP contribution in [0.1, 0.15) is 26.3 Å². The van der Waals surface area contributed by atoms with Gasteiger partial charge in [-0.2, -0.15) is 0 Å². The lowest BCUT2D eigenvalue weighted by Gasteiger charge is -2.20. The first-order valence-corrected chi connectivity index (χ1v) is 18.1. The average molecular weight is 706 g/mol. The number of hydrogen-bond donors (Lipinski definition) is 0. The summed E-state index contributed by atoms with van der Waals surface area (Å²) >= 11 is 0. The number of anilines is 1. The largest absolute Gasteiger partial charge is 0.456 e. The SMILES string of the molecule is CN1C=CN(c2cccc(Oc3cc4c(cc3-c3nc(-c5ccccc5)nc(-c5ccccc5)n3)c3ccccc3n4-c3cc(C(C)(C)C)ccn3)c2)C1. The molecule has 0 saturated heterocycles. The Balaban J connectivity index is 1.30. The van der Waals surface area contributed by atoms with E-state index in [4.69, 9.17) is 24.7 Å². The maximum absolute atomic E-state index is 6.96. The number of nitrogens with zero attached hydrogens (tertiary/aromatic N) is 7. The number of hydrogen-bond acceptors (Lipinski definition) is 7. The van der Waals surface area contributed by atoms with E-state index in [2.05, 4.69) is 115 Å². The summed E-state index contributed by atoms with van der Waals surface area (Å²) < 4.78 is 9.19. The van der Waals surface area contributed by atoms with Gasteiger partial charge in [0.05, 0.1) is 23.3 Å². The second-order valence-corrected chi connectivity index (χ2v) is 14.7. The Bertz CT molecular complexity index is 2620. The highest BCUT2D eigenvalue weighted by Crippen LogP contribution is 2.42. The summed E-state index contributed by atoms with van der Waals surface area (Å²) in [4.78, 5) is 24.5. The molecule has 4 heterocycles. The van der Waals surface area contributed by atoms with Crippen LogP contribution in [0.15, 0.2) is 152 Å². The van der Waals surface area contributed by atoms with Gasteiger partial charge in [-0.05, 0) is 47.4 Å². The summed E-state index contributed by atoms with van der Waals surface area (Å²) in [5.41, 5.74) is 6.77. The van der Waals surface area contributed by atoms with E-state index in [0.717, 1.165) is 56.7 Å². The van der Waals surface area contributed by atoms with E-state index < -0.39 is 0 Å². The number of para-hydroxylation sites is 1. The highest BCUT2D eigenvalue weighted by molar-refractivity contribution is 6.11. The van der Waals surface area contributed by atoms with Gasteiger partial charge in [0, 0.05) is 65.4 Å². The first-order chi connectivity index (χ1) is 26.3. The van der Waals surface area contributed by atoms with Gasteiger partial charge in [0.2, 0.25) is 0 Å². The molecule has 0 amide bonds. The molecule has 264 valence electrons. The Labute approximate surface area is 314 Å². The van der Waals surface area contributed by atoms with Crippen LogP contribution in [0.5, 0.6) is 11.5 Å². The van der Waals surface area contributed by atoms with Gasteiger partial charge in [0.1, 0.15) is 17.3 Å². The van der Waals surface area contributed by atoms with E-state index in [1.165, 1.54) is 5.56 Å². The molecule has 5 aromatic carbocycles. The molecule has 0 bridgehead atoms. The number of benzene rings is 5. The molecule has 8 nitrogen and oxygen atoms in total. The molecule has 1 aliphatic heterocycles. The number of ether oxygens (including phenoxy) is 1. The lowest BCUT2D eigenvalue weighted by atomic mass is 9.88. The zero-order chi connectivity index (χ0) is 36.8. The molecule has 8 aromatic rings. The molecule has 0 fully saturated rings. The van der Waals surface area contributed by atoms with Crippen LogP contribution < -0.4 is 9.64 Å². The van der Waals surface area contributed by atoms with E-state index in [9.17, 15) is 0 Å². The smallest absolute Gasteiger partial charge is 0.167 e. The first kappa shape index (κ1) is 33.1. The second kappa shape index (κ2) is 13.3. The normalized spacial score (nSPS) is 13.0. The Morgan fingerprint density at radius 3 is 1.98 bits per heavy atom. The number of rotatable bonds is 7. The standard InChI is InChI=1S/C46H39N7O/c1-46(2,3)33-22-23-47-42(26-33)53-39-21-12-11-20-36(39)37-28-38(41(29-40(37)53)54-35-19-13-18-34(27-35)52-25-24-51(4)30-52)45-49-43(31-14-7-5-8-15-31)48-44(50-45)32-16-9-6-10-17-32/h5-29H,30H2,1-4H3. The van der Waals surface area contributed by atoms with Crippen LogP contribution in [-0.4, -0.2) is 43.1 Å². The van der Waals surface area contributed by atoms with Crippen molar-refractivity contribution in [2.24, 2.45) is 0 Å². The molecule has 54 heavy (non-hydrogen) atoms. The first-order valence-electron chi connectivity index (χ1n) is 18.1. The van der Waals surface area contributed by atoms with Gasteiger partial charge < -0.3 is 14.5 Å². The molecule has 9 rings (SSSR count). The molecule has 0 unspecified atom stereocenters. The van der Waals surface area contributed by atoms with E-state index in [1.54, 1.807) is 0 Å². The van der Waals surface area contributed by atoms with Crippen molar-refractivity contribution in [2.75, 3.05) is 18.6 Å². The summed E-state index contributed by atoms with van der Waals surface area (Å²) in [6.45, 7) is 7.43. The quantitative estimate of drug-likeness (QED) is 0.163. The van der Waals surface area contributed by atoms with Gasteiger partial charge in [-0.1, -0.05) is 106 Å². The maximum atomic E-state index is 6.96. The third kappa shape index (κ3) is 6.21. The second-order valence-electron chi connectivity index (χ2n) is 14.7. The number of pyridine rings is 1. The van der Waals surface area contributed by atoms with Crippen molar-refractivity contribution < 1.29 is 4.74 Å². The molecule has 1 aliphatic rings. The predicted octanol–water partition coefficient (Wildman–Crippen LogP) is 10.6. The third-order valence-corrected chi connectivity index (χ3v) is 9.81. The Kier molecular flexibility index (Phi) is 8.15. The Morgan fingerprint density at radius 1 is 0.611 bits per heavy atom. The van der Waals surface area contributed by atoms with Crippen LogP contribution in [0.3, 0.4) is 0 Å². The lowest BCUT2D eigenvalue weighted by Crippen LogP contribution is -2.21. The molecule has 3 aromatic heterocycles. The van der Waals surface area contributed by atoms with Gasteiger partial charge in [-0.25, -0.2) is 19.9 Å². The Morgan fingerprint density at radius 2 is 1.30 bits per heavy atom. The summed E-state index contributed by atoms with van der Waals surface area (Å²) in [5.74, 6) is 3.86. The number of fused-ring (bicyclic) bond motifs is 3. The minimum atomic E-state index is -0.0478. The zero-order valence-electron chi connectivity index (χ0n) is 30.7. The minimum Gasteiger partial charge on any atom is -0.456 e. The molecule has 0 aliphatic carbocycles. The minimum absolute atomic E-state index is 0.0478. The molecule has 0 radical (unpaired) electrons. The third-order valence-electron chi connectivity index (χ3n) is 9.81. The topological polar surface area (TPSA) is 72.2 Å². The summed E-state index contributed by atoms with van der Waals surface area (Å²) in [6.07, 6.45) is 6.05. The van der Waals surface area contributed by atoms with Crippen LogP contribution >= 0.6 is 0 Å². The monoisotopic (exact) mass is 705 g/mol. The van der Waals surface area contributed by atoms with Crippen molar-refractivity contribution in [3.63, 3.8) is 0 Å². The van der Waals surface area contributed by atoms with E-state index in [0.29, 0.717) is 29.0 Å². The van der Waals surface area contributed by atoms with Crippen molar-refractivity contribution >= 4 is 27.5 Å². The highest BCUT2D eigenvalue weighted by atomic mass is 16.5. The van der Waals surface area contributed by atoms with Crippen LogP contribution in [-0.2, 0) is 5.41 Å². The van der Waals surface area contributed by atoms with Crippen LogP contribution in [0, 0.1) is 0 Å². The molecule has 0 N–H and O–H groups in total. The van der Waals surface area contributed by atoms with Gasteiger partial charge in [0.15, 0.2) is 17.5 Å². The van der Waals surface area contributed by atoms with Crippen molar-refractivity contribution in [2.45, 2.75) is 26.2 Å². The predicted molar refractivity (Wildman–Crippen MR) is 218 cm³/mol. The molecular weight excluding hydrogens is 667 g/mol. The summed E-state index contributed by atoms with van der Waals surface area (Å²) in [5, 5.41) is 2.13. The van der Waals surface area contributed by atoms with Gasteiger partial charge in [-0.3, -0.25) is 4.57 Å². The number of aromatic nitrogens is 5. The van der Waals surface area contributed by atoms with Crippen molar-refractivity contribution in [3.8, 4) is 51.5 Å². The summed E-state index contributed by atoms with van der Waals surface area (Å²) in [7, 11) is 2.06. The molecule has 8 heteroatoms. The fraction of sp³-hybridized carbons (Fsp3) is 0.130. The lowest BCUT2D eigenvalue weighted by molar-refractivity contribution is 0.482. The van der Waals surface area contributed by atoms with Crippen molar-refractivity contribution in [3.05, 3.63) is 158 Å². The van der Waals surface area contributed by atoms with Crippen LogP contribution in [0.4, 0.5) is 5.69 Å². The fourth-order valence-corrected chi connectivity index (χ4v) is 6.99. The van der Waals surface area contributed by atoms with E-state index in [-0.39, 0.29) is 5.41 Å². The van der Waals surface area contributed by atoms with Gasteiger partial charge in [0.25, 0.3) is 0 Å². The highest BCUT2D eigenvalue weighted by Gasteiger charge is 2.23. The maximum Gasteiger partial charge on any atom is 0.167 e. The zero-order valence-corrected chi connectivity index (χ0v) is 30.7. The van der Waals surface area contributed by atoms with Gasteiger partial charge in [-0.15, -0.1) is 0 Å². The fourth-order valence-electron chi connectivity index (χ4n) is 6.99.